The fourth-order valence-corrected chi connectivity index (χ4v) is 15.6. The van der Waals surface area contributed by atoms with Gasteiger partial charge in [0.05, 0.1) is 27.9 Å². The maximum absolute atomic E-state index is 7.01. The molecule has 0 unspecified atom stereocenters. The Bertz CT molecular complexity index is 6030. The Kier molecular flexibility index (Phi) is 10.8. The predicted octanol–water partition coefficient (Wildman–Crippen LogP) is 23.2. The third-order valence-electron chi connectivity index (χ3n) is 19.6. The van der Waals surface area contributed by atoms with Crippen LogP contribution in [-0.4, -0.2) is 14.5 Å². The van der Waals surface area contributed by atoms with Crippen molar-refractivity contribution in [2.45, 2.75) is 19.3 Å². The van der Waals surface area contributed by atoms with Crippen molar-refractivity contribution in [3.05, 3.63) is 303 Å². The van der Waals surface area contributed by atoms with Crippen molar-refractivity contribution in [1.29, 1.82) is 0 Å². The number of hydrogen-bond acceptors (Lipinski definition) is 4. The van der Waals surface area contributed by atoms with E-state index in [4.69, 9.17) is 14.4 Å². The minimum atomic E-state index is -0.213. The van der Waals surface area contributed by atoms with Gasteiger partial charge in [-0.05, 0) is 160 Å². The normalized spacial score (nSPS) is 12.9. The van der Waals surface area contributed by atoms with Crippen molar-refractivity contribution >= 4 is 126 Å². The first-order valence-electron chi connectivity index (χ1n) is 31.0. The number of hydrogen-bond donors (Lipinski definition) is 0. The van der Waals surface area contributed by atoms with E-state index in [9.17, 15) is 0 Å². The van der Waals surface area contributed by atoms with Gasteiger partial charge in [-0.3, -0.25) is 4.57 Å². The topological polar surface area (TPSA) is 47.1 Å². The smallest absolute Gasteiger partial charge is 0.148 e. The van der Waals surface area contributed by atoms with Gasteiger partial charge in [-0.15, -0.1) is 0 Å². The van der Waals surface area contributed by atoms with E-state index in [1.54, 1.807) is 6.33 Å². The maximum atomic E-state index is 7.01. The van der Waals surface area contributed by atoms with E-state index in [2.05, 4.69) is 308 Å². The molecular formula is C85H54N4O. The van der Waals surface area contributed by atoms with Crippen LogP contribution in [0.4, 0.5) is 17.1 Å². The lowest BCUT2D eigenvalue weighted by atomic mass is 9.82. The first-order valence-corrected chi connectivity index (χ1v) is 31.0. The van der Waals surface area contributed by atoms with E-state index >= 15 is 0 Å². The average Bonchev–Trinajstić information content (AvgIpc) is 1.44. The molecule has 18 aromatic rings. The van der Waals surface area contributed by atoms with Gasteiger partial charge in [0, 0.05) is 54.4 Å². The Labute approximate surface area is 518 Å². The number of aromatic nitrogens is 3. The Morgan fingerprint density at radius 3 is 1.67 bits per heavy atom. The van der Waals surface area contributed by atoms with Gasteiger partial charge in [0.1, 0.15) is 23.3 Å². The summed E-state index contributed by atoms with van der Waals surface area (Å²) in [5, 5.41) is 17.3. The zero-order chi connectivity index (χ0) is 59.3. The van der Waals surface area contributed by atoms with Gasteiger partial charge >= 0.3 is 0 Å². The van der Waals surface area contributed by atoms with E-state index < -0.39 is 0 Å². The summed E-state index contributed by atoms with van der Waals surface area (Å²) in [7, 11) is 0. The summed E-state index contributed by atoms with van der Waals surface area (Å²) >= 11 is 0. The second-order valence-electron chi connectivity index (χ2n) is 24.7. The third-order valence-corrected chi connectivity index (χ3v) is 19.6. The van der Waals surface area contributed by atoms with Gasteiger partial charge in [0.2, 0.25) is 0 Å². The molecule has 0 radical (unpaired) electrons. The minimum Gasteiger partial charge on any atom is -0.456 e. The van der Waals surface area contributed by atoms with E-state index in [1.165, 1.54) is 65.7 Å². The molecule has 15 aromatic carbocycles. The number of nitrogens with zero attached hydrogens (tertiary/aromatic N) is 4. The van der Waals surface area contributed by atoms with Crippen molar-refractivity contribution in [2.75, 3.05) is 4.90 Å². The lowest BCUT2D eigenvalue weighted by Gasteiger charge is -2.32. The molecule has 19 rings (SSSR count). The van der Waals surface area contributed by atoms with Crippen LogP contribution in [0.5, 0.6) is 0 Å². The Balaban J connectivity index is 0.883. The molecule has 5 nitrogen and oxygen atoms in total. The molecule has 0 amide bonds. The highest BCUT2D eigenvalue weighted by atomic mass is 16.3. The molecule has 420 valence electrons. The molecule has 0 aliphatic heterocycles. The second-order valence-corrected chi connectivity index (χ2v) is 24.7. The number of anilines is 3. The van der Waals surface area contributed by atoms with E-state index in [1.807, 2.05) is 0 Å². The van der Waals surface area contributed by atoms with Crippen LogP contribution in [0.2, 0.25) is 0 Å². The minimum absolute atomic E-state index is 0.213. The van der Waals surface area contributed by atoms with Gasteiger partial charge in [0.15, 0.2) is 0 Å². The van der Waals surface area contributed by atoms with Gasteiger partial charge in [0.25, 0.3) is 0 Å². The molecule has 0 saturated heterocycles. The van der Waals surface area contributed by atoms with Gasteiger partial charge in [-0.1, -0.05) is 232 Å². The van der Waals surface area contributed by atoms with Gasteiger partial charge in [-0.25, -0.2) is 9.97 Å². The molecule has 0 bridgehead atoms. The molecule has 90 heavy (non-hydrogen) atoms. The fraction of sp³-hybridized carbons (Fsp3) is 0.0353. The molecule has 0 spiro atoms. The summed E-state index contributed by atoms with van der Waals surface area (Å²) in [5.74, 6) is 0.822. The summed E-state index contributed by atoms with van der Waals surface area (Å²) < 4.78 is 9.38. The summed E-state index contributed by atoms with van der Waals surface area (Å²) in [4.78, 5) is 12.6. The molecule has 0 atom stereocenters. The molecule has 0 N–H and O–H groups in total. The van der Waals surface area contributed by atoms with Crippen molar-refractivity contribution in [2.24, 2.45) is 0 Å². The van der Waals surface area contributed by atoms with Crippen LogP contribution in [0.3, 0.4) is 0 Å². The molecule has 5 heteroatoms. The average molecular weight is 1150 g/mol. The van der Waals surface area contributed by atoms with Crippen molar-refractivity contribution in [3.63, 3.8) is 0 Å². The first kappa shape index (κ1) is 50.5. The standard InChI is InChI=1S/C85H54N4O/c1-85(2)71-37-16-14-35-65(71)80-72(85)38-20-40-74(80)88(56-26-19-25-54(46-56)53-24-18-23-52(45-53)51-21-4-3-5-22-51)83-63-33-12-10-31-61(63)79(62-32-11-13-34-64(62)83)55-41-42-67-76(47-55)89(84-66-36-15-17-39-73(66)86-50-87-84)75-43-44-77-82(81(67)75)70-48-68-59-29-8-6-27-57(59)58-28-7-9-30-60(58)69(68)49-78(70)90-77/h3-50H,1-2H3. The summed E-state index contributed by atoms with van der Waals surface area (Å²) in [5.41, 5.74) is 19.9. The fourth-order valence-electron chi connectivity index (χ4n) is 15.6. The van der Waals surface area contributed by atoms with Crippen LogP contribution in [0.1, 0.15) is 25.0 Å². The quantitative estimate of drug-likeness (QED) is 0.118. The lowest BCUT2D eigenvalue weighted by molar-refractivity contribution is 0.660. The molecular weight excluding hydrogens is 1090 g/mol. The monoisotopic (exact) mass is 1150 g/mol. The molecule has 1 aliphatic carbocycles. The van der Waals surface area contributed by atoms with Crippen LogP contribution in [0.15, 0.2) is 296 Å². The SMILES string of the molecule is CC1(C)c2ccccc2-c2c(N(c3cccc(-c4cccc(-c5ccccc5)c4)c3)c3c4ccccc4c(-c4ccc5c6c7c(ccc6n(-c6ncnc8ccccc68)c5c4)oc4cc5c6ccccc6c6ccccc6c5cc47)c4ccccc34)cccc21. The number of furan rings is 1. The van der Waals surface area contributed by atoms with E-state index in [0.29, 0.717) is 0 Å². The number of fused-ring (bicyclic) bond motifs is 19. The molecule has 3 aromatic heterocycles. The number of rotatable bonds is 7. The zero-order valence-electron chi connectivity index (χ0n) is 49.4. The van der Waals surface area contributed by atoms with Crippen LogP contribution in [0, 0.1) is 0 Å². The van der Waals surface area contributed by atoms with Crippen LogP contribution in [-0.2, 0) is 5.41 Å². The van der Waals surface area contributed by atoms with Gasteiger partial charge < -0.3 is 9.32 Å². The summed E-state index contributed by atoms with van der Waals surface area (Å²) in [6.07, 6.45) is 1.71. The summed E-state index contributed by atoms with van der Waals surface area (Å²) in [6, 6.07) is 105. The Morgan fingerprint density at radius 1 is 0.344 bits per heavy atom. The molecule has 3 heterocycles. The zero-order valence-corrected chi connectivity index (χ0v) is 49.4. The van der Waals surface area contributed by atoms with Crippen LogP contribution >= 0.6 is 0 Å². The van der Waals surface area contributed by atoms with Crippen molar-refractivity contribution in [3.8, 4) is 50.3 Å². The molecule has 0 fully saturated rings. The van der Waals surface area contributed by atoms with Crippen LogP contribution < -0.4 is 4.90 Å². The Hall–Kier alpha value is -11.7. The Morgan fingerprint density at radius 2 is 0.922 bits per heavy atom. The third kappa shape index (κ3) is 7.26. The number of para-hydroxylation sites is 1. The molecule has 1 aliphatic rings. The lowest BCUT2D eigenvalue weighted by Crippen LogP contribution is -2.16. The first-order chi connectivity index (χ1) is 44.4. The predicted molar refractivity (Wildman–Crippen MR) is 377 cm³/mol. The van der Waals surface area contributed by atoms with Crippen LogP contribution in [0.25, 0.3) is 159 Å². The van der Waals surface area contributed by atoms with E-state index in [0.717, 1.165) is 121 Å². The largest absolute Gasteiger partial charge is 0.456 e. The maximum Gasteiger partial charge on any atom is 0.148 e. The number of benzene rings is 15. The van der Waals surface area contributed by atoms with Gasteiger partial charge in [-0.2, -0.15) is 0 Å². The highest BCUT2D eigenvalue weighted by Gasteiger charge is 2.38. The summed E-state index contributed by atoms with van der Waals surface area (Å²) in [6.45, 7) is 4.75. The highest BCUT2D eigenvalue weighted by Crippen LogP contribution is 2.57. The van der Waals surface area contributed by atoms with E-state index in [-0.39, 0.29) is 5.41 Å². The van der Waals surface area contributed by atoms with Crippen molar-refractivity contribution < 1.29 is 4.42 Å². The molecule has 0 saturated carbocycles. The van der Waals surface area contributed by atoms with Crippen molar-refractivity contribution in [1.82, 2.24) is 14.5 Å². The second kappa shape index (κ2) is 19.2. The highest BCUT2D eigenvalue weighted by molar-refractivity contribution is 6.33.